The second-order valence-electron chi connectivity index (χ2n) is 7.05. The molecule has 1 fully saturated rings. The average Bonchev–Trinajstić information content (AvgIpc) is 3.12. The van der Waals surface area contributed by atoms with E-state index in [2.05, 4.69) is 14.9 Å². The van der Waals surface area contributed by atoms with Crippen molar-refractivity contribution >= 4 is 23.5 Å². The first kappa shape index (κ1) is 18.5. The topological polar surface area (TPSA) is 112 Å². The maximum absolute atomic E-state index is 12.1. The summed E-state index contributed by atoms with van der Waals surface area (Å²) < 4.78 is 12.6. The third kappa shape index (κ3) is 3.35. The van der Waals surface area contributed by atoms with Gasteiger partial charge < -0.3 is 25.0 Å². The molecule has 4 heterocycles. The van der Waals surface area contributed by atoms with Gasteiger partial charge in [-0.3, -0.25) is 4.68 Å². The van der Waals surface area contributed by atoms with Gasteiger partial charge in [-0.05, 0) is 25.0 Å². The number of hydrogen-bond acceptors (Lipinski definition) is 8. The highest BCUT2D eigenvalue weighted by atomic mass is 16.5. The minimum atomic E-state index is -0.328. The molecule has 2 aromatic heterocycles. The Morgan fingerprint density at radius 3 is 2.79 bits per heavy atom. The van der Waals surface area contributed by atoms with Crippen molar-refractivity contribution in [3.63, 3.8) is 0 Å². The van der Waals surface area contributed by atoms with Crippen molar-refractivity contribution in [2.45, 2.75) is 31.8 Å². The summed E-state index contributed by atoms with van der Waals surface area (Å²) in [4.78, 5) is 15.7. The predicted molar refractivity (Wildman–Crippen MR) is 102 cm³/mol. The zero-order valence-corrected chi connectivity index (χ0v) is 16.2. The van der Waals surface area contributed by atoms with E-state index in [0.29, 0.717) is 30.8 Å². The molecule has 0 aromatic carbocycles. The summed E-state index contributed by atoms with van der Waals surface area (Å²) in [5, 5.41) is 13.1. The third-order valence-electron chi connectivity index (χ3n) is 5.37. The summed E-state index contributed by atoms with van der Waals surface area (Å²) in [5.41, 5.74) is 7.85. The van der Waals surface area contributed by atoms with Gasteiger partial charge in [-0.1, -0.05) is 0 Å². The summed E-state index contributed by atoms with van der Waals surface area (Å²) in [6.45, 7) is 2.54. The summed E-state index contributed by atoms with van der Waals surface area (Å²) in [5.74, 6) is 1.78. The van der Waals surface area contributed by atoms with Crippen molar-refractivity contribution in [1.82, 2.24) is 24.9 Å². The van der Waals surface area contributed by atoms with Crippen LogP contribution in [0.3, 0.4) is 0 Å². The van der Waals surface area contributed by atoms with E-state index >= 15 is 0 Å². The Labute approximate surface area is 163 Å². The van der Waals surface area contributed by atoms with Crippen LogP contribution < -0.4 is 10.6 Å². The molecule has 0 saturated carbocycles. The second kappa shape index (κ2) is 7.63. The van der Waals surface area contributed by atoms with Crippen LogP contribution in [-0.4, -0.2) is 64.9 Å². The predicted octanol–water partition coefficient (Wildman–Crippen LogP) is 1.50. The van der Waals surface area contributed by atoms with Gasteiger partial charge in [-0.15, -0.1) is 10.2 Å². The van der Waals surface area contributed by atoms with Crippen LogP contribution in [-0.2, 0) is 22.4 Å². The van der Waals surface area contributed by atoms with E-state index in [0.717, 1.165) is 49.6 Å². The van der Waals surface area contributed by atoms with E-state index in [4.69, 9.17) is 20.3 Å². The SMILES string of the molecule is COC(=O)N1CCc2c(c(N(C)c3ccc(N)nn3)nn2C2CCOCC2)C1. The molecule has 10 heteroatoms. The third-order valence-corrected chi connectivity index (χ3v) is 5.37. The smallest absolute Gasteiger partial charge is 0.409 e. The highest BCUT2D eigenvalue weighted by Crippen LogP contribution is 2.35. The van der Waals surface area contributed by atoms with Crippen LogP contribution in [0.25, 0.3) is 0 Å². The number of methoxy groups -OCH3 is 1. The van der Waals surface area contributed by atoms with E-state index in [1.807, 2.05) is 18.0 Å². The van der Waals surface area contributed by atoms with Gasteiger partial charge in [-0.25, -0.2) is 4.79 Å². The number of aromatic nitrogens is 4. The first-order chi connectivity index (χ1) is 13.6. The fourth-order valence-corrected chi connectivity index (χ4v) is 3.84. The van der Waals surface area contributed by atoms with Gasteiger partial charge in [-0.2, -0.15) is 5.10 Å². The monoisotopic (exact) mass is 387 g/mol. The molecular formula is C18H25N7O3. The number of rotatable bonds is 3. The normalized spacial score (nSPS) is 17.3. The molecule has 2 aliphatic heterocycles. The zero-order valence-electron chi connectivity index (χ0n) is 16.2. The Kier molecular flexibility index (Phi) is 5.03. The molecule has 0 atom stereocenters. The highest BCUT2D eigenvalue weighted by molar-refractivity contribution is 5.69. The van der Waals surface area contributed by atoms with Gasteiger partial charge in [0.2, 0.25) is 0 Å². The number of ether oxygens (including phenoxy) is 2. The minimum absolute atomic E-state index is 0.298. The van der Waals surface area contributed by atoms with Crippen LogP contribution in [0, 0.1) is 0 Å². The summed E-state index contributed by atoms with van der Waals surface area (Å²) >= 11 is 0. The molecule has 0 bridgehead atoms. The zero-order chi connectivity index (χ0) is 19.7. The number of amides is 1. The maximum Gasteiger partial charge on any atom is 0.409 e. The number of carbonyl (C=O) groups is 1. The quantitative estimate of drug-likeness (QED) is 0.843. The Morgan fingerprint density at radius 1 is 1.32 bits per heavy atom. The van der Waals surface area contributed by atoms with Gasteiger partial charge >= 0.3 is 6.09 Å². The van der Waals surface area contributed by atoms with Crippen molar-refractivity contribution in [3.8, 4) is 0 Å². The minimum Gasteiger partial charge on any atom is -0.453 e. The molecule has 0 unspecified atom stereocenters. The van der Waals surface area contributed by atoms with Crippen molar-refractivity contribution in [1.29, 1.82) is 0 Å². The van der Waals surface area contributed by atoms with E-state index < -0.39 is 0 Å². The molecule has 150 valence electrons. The fraction of sp³-hybridized carbons (Fsp3) is 0.556. The summed E-state index contributed by atoms with van der Waals surface area (Å²) in [6.07, 6.45) is 2.26. The Bertz CT molecular complexity index is 846. The van der Waals surface area contributed by atoms with E-state index in [1.165, 1.54) is 7.11 Å². The average molecular weight is 387 g/mol. The molecule has 2 aliphatic rings. The maximum atomic E-state index is 12.1. The molecule has 28 heavy (non-hydrogen) atoms. The van der Waals surface area contributed by atoms with E-state index in [1.54, 1.807) is 11.0 Å². The molecule has 2 aromatic rings. The number of carbonyl (C=O) groups excluding carboxylic acids is 1. The highest BCUT2D eigenvalue weighted by Gasteiger charge is 2.32. The standard InChI is InChI=1S/C18H25N7O3/c1-23(16-4-3-15(19)20-21-16)17-13-11-24(18(26)27-2)8-5-14(13)25(22-17)12-6-9-28-10-7-12/h3-4,12H,5-11H2,1-2H3,(H2,19,20). The molecular weight excluding hydrogens is 362 g/mol. The molecule has 1 amide bonds. The first-order valence-corrected chi connectivity index (χ1v) is 9.42. The fourth-order valence-electron chi connectivity index (χ4n) is 3.84. The summed E-state index contributed by atoms with van der Waals surface area (Å²) in [6, 6.07) is 3.82. The lowest BCUT2D eigenvalue weighted by Crippen LogP contribution is -2.37. The molecule has 2 N–H and O–H groups in total. The Balaban J connectivity index is 1.73. The molecule has 1 saturated heterocycles. The lowest BCUT2D eigenvalue weighted by molar-refractivity contribution is 0.0649. The van der Waals surface area contributed by atoms with Crippen LogP contribution in [0.5, 0.6) is 0 Å². The number of nitrogens with two attached hydrogens (primary N) is 1. The summed E-state index contributed by atoms with van der Waals surface area (Å²) in [7, 11) is 3.30. The second-order valence-corrected chi connectivity index (χ2v) is 7.05. The number of nitrogen functional groups attached to an aromatic ring is 1. The van der Waals surface area contributed by atoms with Gasteiger partial charge in [0.25, 0.3) is 0 Å². The van der Waals surface area contributed by atoms with E-state index in [-0.39, 0.29) is 6.09 Å². The van der Waals surface area contributed by atoms with Crippen LogP contribution in [0.15, 0.2) is 12.1 Å². The Hall–Kier alpha value is -2.88. The van der Waals surface area contributed by atoms with Crippen LogP contribution in [0.1, 0.15) is 30.1 Å². The number of anilines is 3. The molecule has 4 rings (SSSR count). The van der Waals surface area contributed by atoms with Crippen molar-refractivity contribution in [3.05, 3.63) is 23.4 Å². The molecule has 0 radical (unpaired) electrons. The van der Waals surface area contributed by atoms with Gasteiger partial charge in [0.05, 0.1) is 19.7 Å². The van der Waals surface area contributed by atoms with Crippen molar-refractivity contribution in [2.24, 2.45) is 0 Å². The van der Waals surface area contributed by atoms with Crippen LogP contribution in [0.4, 0.5) is 22.2 Å². The number of nitrogens with zero attached hydrogens (tertiary/aromatic N) is 6. The van der Waals surface area contributed by atoms with Gasteiger partial charge in [0.1, 0.15) is 5.82 Å². The Morgan fingerprint density at radius 2 is 2.11 bits per heavy atom. The van der Waals surface area contributed by atoms with Crippen molar-refractivity contribution in [2.75, 3.05) is 44.5 Å². The van der Waals surface area contributed by atoms with Gasteiger partial charge in [0, 0.05) is 44.5 Å². The lowest BCUT2D eigenvalue weighted by atomic mass is 10.0. The van der Waals surface area contributed by atoms with Crippen molar-refractivity contribution < 1.29 is 14.3 Å². The first-order valence-electron chi connectivity index (χ1n) is 9.42. The molecule has 0 aliphatic carbocycles. The lowest BCUT2D eigenvalue weighted by Gasteiger charge is -2.29. The number of hydrogen-bond donors (Lipinski definition) is 1. The van der Waals surface area contributed by atoms with Crippen LogP contribution >= 0.6 is 0 Å². The molecule has 10 nitrogen and oxygen atoms in total. The van der Waals surface area contributed by atoms with Gasteiger partial charge in [0.15, 0.2) is 11.6 Å². The number of fused-ring (bicyclic) bond motifs is 1. The van der Waals surface area contributed by atoms with E-state index in [9.17, 15) is 4.79 Å². The largest absolute Gasteiger partial charge is 0.453 e. The van der Waals surface area contributed by atoms with Crippen LogP contribution in [0.2, 0.25) is 0 Å². The molecule has 0 spiro atoms.